The van der Waals surface area contributed by atoms with Gasteiger partial charge in [-0.05, 0) is 51.2 Å². The topological polar surface area (TPSA) is 0 Å². The smallest absolute Gasteiger partial charge is 0.123 e. The van der Waals surface area contributed by atoms with Crippen LogP contribution in [0.15, 0.2) is 54.6 Å². The highest BCUT2D eigenvalue weighted by atomic mass is 79.9. The lowest BCUT2D eigenvalue weighted by atomic mass is 10.0. The van der Waals surface area contributed by atoms with Gasteiger partial charge < -0.3 is 0 Å². The number of halogens is 2. The lowest BCUT2D eigenvalue weighted by Crippen LogP contribution is -1.87. The lowest BCUT2D eigenvalue weighted by Gasteiger charge is -2.10. The maximum atomic E-state index is 12.9. The average molecular weight is 305 g/mol. The number of benzene rings is 2. The first-order chi connectivity index (χ1) is 8.72. The van der Waals surface area contributed by atoms with Gasteiger partial charge in [0, 0.05) is 4.48 Å². The molecule has 2 aromatic carbocycles. The molecule has 18 heavy (non-hydrogen) atoms. The molecule has 0 fully saturated rings. The number of allylic oxidation sites excluding steroid dienone is 1. The van der Waals surface area contributed by atoms with Gasteiger partial charge in [-0.1, -0.05) is 49.4 Å². The van der Waals surface area contributed by atoms with E-state index in [4.69, 9.17) is 0 Å². The van der Waals surface area contributed by atoms with Crippen LogP contribution < -0.4 is 0 Å². The molecule has 0 aliphatic carbocycles. The van der Waals surface area contributed by atoms with Gasteiger partial charge >= 0.3 is 0 Å². The molecule has 0 saturated carbocycles. The molecule has 92 valence electrons. The summed E-state index contributed by atoms with van der Waals surface area (Å²) < 4.78 is 13.9. The van der Waals surface area contributed by atoms with Crippen molar-refractivity contribution < 1.29 is 4.39 Å². The number of rotatable bonds is 3. The Kier molecular flexibility index (Phi) is 4.32. The van der Waals surface area contributed by atoms with Crippen molar-refractivity contribution in [3.63, 3.8) is 0 Å². The van der Waals surface area contributed by atoms with Crippen molar-refractivity contribution in [1.29, 1.82) is 0 Å². The van der Waals surface area contributed by atoms with Crippen LogP contribution in [0.3, 0.4) is 0 Å². The summed E-state index contributed by atoms with van der Waals surface area (Å²) in [6.45, 7) is 2.12. The minimum absolute atomic E-state index is 0.211. The average Bonchev–Trinajstić information content (AvgIpc) is 2.41. The first kappa shape index (κ1) is 13.0. The molecular weight excluding hydrogens is 291 g/mol. The fourth-order valence-corrected chi connectivity index (χ4v) is 2.67. The van der Waals surface area contributed by atoms with Gasteiger partial charge in [0.2, 0.25) is 0 Å². The van der Waals surface area contributed by atoms with Gasteiger partial charge in [-0.25, -0.2) is 4.39 Å². The second-order valence-electron chi connectivity index (χ2n) is 4.02. The highest BCUT2D eigenvalue weighted by Gasteiger charge is 2.07. The maximum absolute atomic E-state index is 12.9. The summed E-state index contributed by atoms with van der Waals surface area (Å²) in [5.74, 6) is -0.211. The zero-order chi connectivity index (χ0) is 13.0. The Labute approximate surface area is 115 Å². The van der Waals surface area contributed by atoms with E-state index in [1.165, 1.54) is 23.3 Å². The number of hydrogen-bond acceptors (Lipinski definition) is 0. The summed E-state index contributed by atoms with van der Waals surface area (Å²) in [6, 6.07) is 16.8. The first-order valence-corrected chi connectivity index (χ1v) is 6.71. The fourth-order valence-electron chi connectivity index (χ4n) is 1.90. The molecule has 0 heterocycles. The minimum Gasteiger partial charge on any atom is -0.207 e. The highest BCUT2D eigenvalue weighted by Crippen LogP contribution is 2.33. The van der Waals surface area contributed by atoms with Gasteiger partial charge in [0.15, 0.2) is 0 Å². The van der Waals surface area contributed by atoms with Crippen LogP contribution in [-0.4, -0.2) is 0 Å². The summed E-state index contributed by atoms with van der Waals surface area (Å²) in [7, 11) is 0. The van der Waals surface area contributed by atoms with Crippen LogP contribution in [0.25, 0.3) is 10.1 Å². The normalized spacial score (nSPS) is 12.2. The van der Waals surface area contributed by atoms with Crippen molar-refractivity contribution in [2.24, 2.45) is 0 Å². The number of hydrogen-bond donors (Lipinski definition) is 0. The van der Waals surface area contributed by atoms with Crippen molar-refractivity contribution in [2.45, 2.75) is 13.3 Å². The zero-order valence-electron chi connectivity index (χ0n) is 10.2. The predicted octanol–water partition coefficient (Wildman–Crippen LogP) is 5.50. The maximum Gasteiger partial charge on any atom is 0.123 e. The highest BCUT2D eigenvalue weighted by molar-refractivity contribution is 9.15. The third-order valence-corrected chi connectivity index (χ3v) is 3.77. The molecule has 0 spiro atoms. The molecule has 0 amide bonds. The molecule has 2 heteroatoms. The summed E-state index contributed by atoms with van der Waals surface area (Å²) in [5, 5.41) is 0. The molecule has 0 bridgehead atoms. The summed E-state index contributed by atoms with van der Waals surface area (Å²) in [5.41, 5.74) is 3.41. The Hall–Kier alpha value is -1.41. The third kappa shape index (κ3) is 2.88. The molecule has 0 unspecified atom stereocenters. The Balaban J connectivity index is 2.47. The molecule has 0 aliphatic heterocycles. The van der Waals surface area contributed by atoms with Crippen molar-refractivity contribution in [3.05, 3.63) is 71.5 Å². The van der Waals surface area contributed by atoms with E-state index < -0.39 is 0 Å². The molecule has 0 nitrogen and oxygen atoms in total. The van der Waals surface area contributed by atoms with E-state index in [9.17, 15) is 4.39 Å². The Morgan fingerprint density at radius 3 is 2.11 bits per heavy atom. The van der Waals surface area contributed by atoms with Gasteiger partial charge in [0.1, 0.15) is 5.82 Å². The quantitative estimate of drug-likeness (QED) is 0.657. The largest absolute Gasteiger partial charge is 0.207 e. The second kappa shape index (κ2) is 5.96. The Morgan fingerprint density at radius 2 is 1.56 bits per heavy atom. The molecule has 0 atom stereocenters. The van der Waals surface area contributed by atoms with E-state index in [-0.39, 0.29) is 5.82 Å². The summed E-state index contributed by atoms with van der Waals surface area (Å²) >= 11 is 3.63. The molecular formula is C16H14BrF. The van der Waals surface area contributed by atoms with Crippen LogP contribution in [0.2, 0.25) is 0 Å². The second-order valence-corrected chi connectivity index (χ2v) is 4.81. The van der Waals surface area contributed by atoms with E-state index in [1.807, 2.05) is 18.2 Å². The van der Waals surface area contributed by atoms with Crippen LogP contribution in [0, 0.1) is 5.82 Å². The van der Waals surface area contributed by atoms with E-state index in [0.717, 1.165) is 16.5 Å². The minimum atomic E-state index is -0.211. The van der Waals surface area contributed by atoms with Crippen molar-refractivity contribution >= 4 is 26.0 Å². The standard InChI is InChI=1S/C16H14BrF/c1-2-15(12-6-4-3-5-7-12)16(17)13-8-10-14(18)11-9-13/h3-11H,2H2,1H3/b16-15-. The van der Waals surface area contributed by atoms with Gasteiger partial charge in [-0.2, -0.15) is 0 Å². The van der Waals surface area contributed by atoms with Gasteiger partial charge in [-0.15, -0.1) is 0 Å². The van der Waals surface area contributed by atoms with Crippen LogP contribution in [0.1, 0.15) is 24.5 Å². The molecule has 2 aromatic rings. The Morgan fingerprint density at radius 1 is 0.944 bits per heavy atom. The zero-order valence-corrected chi connectivity index (χ0v) is 11.7. The molecule has 0 N–H and O–H groups in total. The van der Waals surface area contributed by atoms with Gasteiger partial charge in [-0.3, -0.25) is 0 Å². The lowest BCUT2D eigenvalue weighted by molar-refractivity contribution is 0.628. The van der Waals surface area contributed by atoms with Crippen molar-refractivity contribution in [3.8, 4) is 0 Å². The molecule has 0 saturated heterocycles. The summed E-state index contributed by atoms with van der Waals surface area (Å²) in [6.07, 6.45) is 0.919. The van der Waals surface area contributed by atoms with Crippen molar-refractivity contribution in [1.82, 2.24) is 0 Å². The van der Waals surface area contributed by atoms with E-state index in [2.05, 4.69) is 35.0 Å². The van der Waals surface area contributed by atoms with Crippen LogP contribution in [0.5, 0.6) is 0 Å². The van der Waals surface area contributed by atoms with Crippen LogP contribution >= 0.6 is 15.9 Å². The fraction of sp³-hybridized carbons (Fsp3) is 0.125. The van der Waals surface area contributed by atoms with Gasteiger partial charge in [0.25, 0.3) is 0 Å². The third-order valence-electron chi connectivity index (χ3n) is 2.84. The van der Waals surface area contributed by atoms with E-state index in [1.54, 1.807) is 12.1 Å². The molecule has 0 radical (unpaired) electrons. The molecule has 2 rings (SSSR count). The molecule has 0 aliphatic rings. The first-order valence-electron chi connectivity index (χ1n) is 5.92. The van der Waals surface area contributed by atoms with Gasteiger partial charge in [0.05, 0.1) is 0 Å². The Bertz CT molecular complexity index is 541. The van der Waals surface area contributed by atoms with Crippen molar-refractivity contribution in [2.75, 3.05) is 0 Å². The van der Waals surface area contributed by atoms with E-state index in [0.29, 0.717) is 0 Å². The van der Waals surface area contributed by atoms with Crippen LogP contribution in [0.4, 0.5) is 4.39 Å². The summed E-state index contributed by atoms with van der Waals surface area (Å²) in [4.78, 5) is 0. The van der Waals surface area contributed by atoms with Crippen LogP contribution in [-0.2, 0) is 0 Å². The van der Waals surface area contributed by atoms with E-state index >= 15 is 0 Å². The monoisotopic (exact) mass is 304 g/mol. The molecule has 0 aromatic heterocycles. The predicted molar refractivity (Wildman–Crippen MR) is 78.9 cm³/mol. The SMILES string of the molecule is CC/C(=C(/Br)c1ccc(F)cc1)c1ccccc1.